The molecule has 0 aliphatic heterocycles. The summed E-state index contributed by atoms with van der Waals surface area (Å²) in [5.74, 6) is 0. The second-order valence-corrected chi connectivity index (χ2v) is 1.44. The molecule has 1 atom stereocenters. The molecule has 0 saturated carbocycles. The van der Waals surface area contributed by atoms with Gasteiger partial charge in [-0.25, -0.2) is 0 Å². The second-order valence-electron chi connectivity index (χ2n) is 1.44. The smallest absolute Gasteiger partial charge is 0.156 e. The molecule has 0 saturated heterocycles. The maximum atomic E-state index is 8.26. The molecule has 0 aromatic heterocycles. The fourth-order valence-electron chi connectivity index (χ4n) is 0.426. The van der Waals surface area contributed by atoms with Crippen molar-refractivity contribution in [3.8, 4) is 12.1 Å². The lowest BCUT2D eigenvalue weighted by atomic mass is 10.3. The number of hydrogen-bond acceptors (Lipinski definition) is 3. The monoisotopic (exact) mass is 124 g/mol. The highest BCUT2D eigenvalue weighted by Crippen LogP contribution is 1.93. The Balaban J connectivity index is 3.48. The van der Waals surface area contributed by atoms with Crippen LogP contribution in [0.3, 0.4) is 0 Å². The van der Waals surface area contributed by atoms with Crippen molar-refractivity contribution in [2.24, 2.45) is 0 Å². The summed E-state index contributed by atoms with van der Waals surface area (Å²) in [5, 5.41) is 16.4. The van der Waals surface area contributed by atoms with Crippen LogP contribution in [0.5, 0.6) is 0 Å². The molecule has 0 aliphatic carbocycles. The molecule has 0 aromatic carbocycles. The van der Waals surface area contributed by atoms with E-state index in [1.165, 1.54) is 0 Å². The first kappa shape index (κ1) is 7.94. The predicted molar refractivity (Wildman–Crippen MR) is 31.3 cm³/mol. The average molecular weight is 124 g/mol. The van der Waals surface area contributed by atoms with Gasteiger partial charge in [0, 0.05) is 6.61 Å². The van der Waals surface area contributed by atoms with E-state index in [4.69, 9.17) is 15.3 Å². The van der Waals surface area contributed by atoms with Crippen LogP contribution >= 0.6 is 0 Å². The van der Waals surface area contributed by atoms with E-state index < -0.39 is 6.10 Å². The van der Waals surface area contributed by atoms with Gasteiger partial charge in [0.05, 0.1) is 18.6 Å². The van der Waals surface area contributed by atoms with Crippen molar-refractivity contribution < 1.29 is 4.74 Å². The third-order valence-corrected chi connectivity index (χ3v) is 0.789. The molecule has 48 valence electrons. The molecule has 0 aromatic rings. The highest BCUT2D eigenvalue weighted by atomic mass is 16.5. The zero-order chi connectivity index (χ0) is 7.11. The Morgan fingerprint density at radius 2 is 2.22 bits per heavy atom. The SMILES string of the molecule is CCOC(C#N)CC#N. The van der Waals surface area contributed by atoms with Crippen LogP contribution in [0, 0.1) is 22.7 Å². The summed E-state index contributed by atoms with van der Waals surface area (Å²) in [7, 11) is 0. The van der Waals surface area contributed by atoms with Gasteiger partial charge in [-0.1, -0.05) is 0 Å². The zero-order valence-corrected chi connectivity index (χ0v) is 5.29. The molecule has 0 amide bonds. The Hall–Kier alpha value is -1.06. The zero-order valence-electron chi connectivity index (χ0n) is 5.29. The molecule has 9 heavy (non-hydrogen) atoms. The lowest BCUT2D eigenvalue weighted by Gasteiger charge is -2.01. The largest absolute Gasteiger partial charge is 0.362 e. The topological polar surface area (TPSA) is 56.8 Å². The minimum atomic E-state index is -0.542. The van der Waals surface area contributed by atoms with Gasteiger partial charge in [-0.3, -0.25) is 0 Å². The van der Waals surface area contributed by atoms with Crippen molar-refractivity contribution in [3.05, 3.63) is 0 Å². The minimum Gasteiger partial charge on any atom is -0.362 e. The Bertz CT molecular complexity index is 142. The van der Waals surface area contributed by atoms with Gasteiger partial charge in [0.1, 0.15) is 0 Å². The number of hydrogen-bond donors (Lipinski definition) is 0. The first-order chi connectivity index (χ1) is 4.35. The number of nitriles is 2. The van der Waals surface area contributed by atoms with Crippen LogP contribution in [-0.2, 0) is 4.74 Å². The van der Waals surface area contributed by atoms with Gasteiger partial charge in [0.15, 0.2) is 6.10 Å². The lowest BCUT2D eigenvalue weighted by Crippen LogP contribution is -2.08. The molecule has 0 radical (unpaired) electrons. The van der Waals surface area contributed by atoms with Gasteiger partial charge in [0.25, 0.3) is 0 Å². The van der Waals surface area contributed by atoms with E-state index in [-0.39, 0.29) is 6.42 Å². The van der Waals surface area contributed by atoms with Crippen molar-refractivity contribution >= 4 is 0 Å². The third kappa shape index (κ3) is 3.52. The van der Waals surface area contributed by atoms with Crippen LogP contribution in [0.4, 0.5) is 0 Å². The summed E-state index contributed by atoms with van der Waals surface area (Å²) >= 11 is 0. The summed E-state index contributed by atoms with van der Waals surface area (Å²) in [6, 6.07) is 3.72. The highest BCUT2D eigenvalue weighted by Gasteiger charge is 2.02. The summed E-state index contributed by atoms with van der Waals surface area (Å²) < 4.78 is 4.85. The van der Waals surface area contributed by atoms with Crippen LogP contribution in [0.1, 0.15) is 13.3 Å². The molecule has 3 heteroatoms. The van der Waals surface area contributed by atoms with Crippen LogP contribution in [0.25, 0.3) is 0 Å². The van der Waals surface area contributed by atoms with Crippen molar-refractivity contribution in [2.45, 2.75) is 19.4 Å². The summed E-state index contributed by atoms with van der Waals surface area (Å²) in [4.78, 5) is 0. The minimum absolute atomic E-state index is 0.157. The molecule has 0 bridgehead atoms. The number of rotatable bonds is 3. The van der Waals surface area contributed by atoms with Crippen molar-refractivity contribution in [2.75, 3.05) is 6.61 Å². The Morgan fingerprint density at radius 1 is 1.56 bits per heavy atom. The Kier molecular flexibility index (Phi) is 4.49. The molecule has 0 heterocycles. The first-order valence-corrected chi connectivity index (χ1v) is 2.73. The molecule has 0 rings (SSSR count). The van der Waals surface area contributed by atoms with E-state index in [0.29, 0.717) is 6.61 Å². The molecule has 3 nitrogen and oxygen atoms in total. The van der Waals surface area contributed by atoms with Crippen molar-refractivity contribution in [3.63, 3.8) is 0 Å². The molecule has 1 unspecified atom stereocenters. The summed E-state index contributed by atoms with van der Waals surface area (Å²) in [5.41, 5.74) is 0. The highest BCUT2D eigenvalue weighted by molar-refractivity contribution is 4.91. The molecule has 0 spiro atoms. The van der Waals surface area contributed by atoms with Crippen molar-refractivity contribution in [1.29, 1.82) is 10.5 Å². The Morgan fingerprint density at radius 3 is 2.56 bits per heavy atom. The van der Waals surface area contributed by atoms with Gasteiger partial charge in [-0.15, -0.1) is 0 Å². The van der Waals surface area contributed by atoms with Gasteiger partial charge in [0.2, 0.25) is 0 Å². The average Bonchev–Trinajstić information content (AvgIpc) is 1.88. The normalized spacial score (nSPS) is 11.4. The van der Waals surface area contributed by atoms with Gasteiger partial charge < -0.3 is 4.74 Å². The maximum Gasteiger partial charge on any atom is 0.156 e. The van der Waals surface area contributed by atoms with E-state index >= 15 is 0 Å². The van der Waals surface area contributed by atoms with Crippen LogP contribution < -0.4 is 0 Å². The van der Waals surface area contributed by atoms with E-state index in [9.17, 15) is 0 Å². The quantitative estimate of drug-likeness (QED) is 0.559. The molecular formula is C6H8N2O. The van der Waals surface area contributed by atoms with Crippen LogP contribution in [0.2, 0.25) is 0 Å². The van der Waals surface area contributed by atoms with Gasteiger partial charge >= 0.3 is 0 Å². The standard InChI is InChI=1S/C6H8N2O/c1-2-9-6(5-8)3-4-7/h6H,2-3H2,1H3. The van der Waals surface area contributed by atoms with E-state index in [0.717, 1.165) is 0 Å². The van der Waals surface area contributed by atoms with Crippen LogP contribution in [0.15, 0.2) is 0 Å². The number of nitrogens with zero attached hydrogens (tertiary/aromatic N) is 2. The molecule has 0 N–H and O–H groups in total. The first-order valence-electron chi connectivity index (χ1n) is 2.73. The van der Waals surface area contributed by atoms with Gasteiger partial charge in [-0.2, -0.15) is 10.5 Å². The van der Waals surface area contributed by atoms with Gasteiger partial charge in [-0.05, 0) is 6.92 Å². The molecule has 0 aliphatic rings. The van der Waals surface area contributed by atoms with E-state index in [1.807, 2.05) is 12.1 Å². The number of ether oxygens (including phenoxy) is 1. The van der Waals surface area contributed by atoms with E-state index in [1.54, 1.807) is 6.92 Å². The second kappa shape index (κ2) is 5.08. The maximum absolute atomic E-state index is 8.26. The van der Waals surface area contributed by atoms with Crippen molar-refractivity contribution in [1.82, 2.24) is 0 Å². The summed E-state index contributed by atoms with van der Waals surface area (Å²) in [6.45, 7) is 2.28. The summed E-state index contributed by atoms with van der Waals surface area (Å²) in [6.07, 6.45) is -0.385. The fourth-order valence-corrected chi connectivity index (χ4v) is 0.426. The molecular weight excluding hydrogens is 116 g/mol. The van der Waals surface area contributed by atoms with E-state index in [2.05, 4.69) is 0 Å². The van der Waals surface area contributed by atoms with Crippen LogP contribution in [-0.4, -0.2) is 12.7 Å². The third-order valence-electron chi connectivity index (χ3n) is 0.789. The Labute approximate surface area is 54.5 Å². The lowest BCUT2D eigenvalue weighted by molar-refractivity contribution is 0.105. The molecule has 0 fully saturated rings. The predicted octanol–water partition coefficient (Wildman–Crippen LogP) is 0.829. The fraction of sp³-hybridized carbons (Fsp3) is 0.667.